The molecule has 1 fully saturated rings. The van der Waals surface area contributed by atoms with Gasteiger partial charge in [-0.2, -0.15) is 0 Å². The van der Waals surface area contributed by atoms with Gasteiger partial charge in [0.15, 0.2) is 0 Å². The molecule has 1 atom stereocenters. The van der Waals surface area contributed by atoms with Crippen LogP contribution in [0.1, 0.15) is 44.6 Å². The van der Waals surface area contributed by atoms with Crippen molar-refractivity contribution in [2.75, 3.05) is 26.2 Å². The first-order valence-electron chi connectivity index (χ1n) is 7.82. The molecule has 1 aliphatic rings. The van der Waals surface area contributed by atoms with E-state index in [4.69, 9.17) is 4.42 Å². The maximum Gasteiger partial charge on any atom is 0.0947 e. The Morgan fingerprint density at radius 3 is 3.11 bits per heavy atom. The average Bonchev–Trinajstić information content (AvgIpc) is 2.83. The minimum atomic E-state index is 0.919. The van der Waals surface area contributed by atoms with Gasteiger partial charge in [-0.15, -0.1) is 0 Å². The summed E-state index contributed by atoms with van der Waals surface area (Å²) in [5.74, 6) is 0.980. The molecule has 0 spiro atoms. The summed E-state index contributed by atoms with van der Waals surface area (Å²) in [4.78, 5) is 2.62. The van der Waals surface area contributed by atoms with Gasteiger partial charge >= 0.3 is 0 Å². The molecule has 0 bridgehead atoms. The van der Waals surface area contributed by atoms with Gasteiger partial charge in [0.2, 0.25) is 0 Å². The van der Waals surface area contributed by atoms with Crippen LogP contribution in [0.2, 0.25) is 0 Å². The Balaban J connectivity index is 1.58. The number of hydrogen-bond acceptors (Lipinski definition) is 3. The fraction of sp³-hybridized carbons (Fsp3) is 0.750. The van der Waals surface area contributed by atoms with Crippen LogP contribution in [0.5, 0.6) is 0 Å². The van der Waals surface area contributed by atoms with Crippen molar-refractivity contribution in [2.24, 2.45) is 5.92 Å². The van der Waals surface area contributed by atoms with Gasteiger partial charge in [-0.05, 0) is 44.3 Å². The van der Waals surface area contributed by atoms with Gasteiger partial charge in [0.25, 0.3) is 0 Å². The van der Waals surface area contributed by atoms with E-state index in [0.29, 0.717) is 0 Å². The van der Waals surface area contributed by atoms with Crippen LogP contribution in [0.4, 0.5) is 0 Å². The SMILES string of the molecule is CCCC1CCCN(CCNCc2ccoc2)CC1. The number of nitrogens with one attached hydrogen (secondary N) is 1. The Kier molecular flexibility index (Phi) is 6.45. The fourth-order valence-corrected chi connectivity index (χ4v) is 3.01. The second-order valence-corrected chi connectivity index (χ2v) is 5.74. The first-order chi connectivity index (χ1) is 9.38. The zero-order valence-corrected chi connectivity index (χ0v) is 12.2. The normalized spacial score (nSPS) is 21.4. The summed E-state index contributed by atoms with van der Waals surface area (Å²) < 4.78 is 5.06. The standard InChI is InChI=1S/C16H28N2O/c1-2-4-15-5-3-9-18(10-6-15)11-8-17-13-16-7-12-19-14-16/h7,12,14-15,17H,2-6,8-11,13H2,1H3. The quantitative estimate of drug-likeness (QED) is 0.766. The van der Waals surface area contributed by atoms with Gasteiger partial charge in [-0.3, -0.25) is 0 Å². The van der Waals surface area contributed by atoms with Crippen LogP contribution in [0.25, 0.3) is 0 Å². The Bertz CT molecular complexity index is 323. The van der Waals surface area contributed by atoms with Crippen molar-refractivity contribution in [3.05, 3.63) is 24.2 Å². The maximum absolute atomic E-state index is 5.06. The molecule has 0 aromatic carbocycles. The van der Waals surface area contributed by atoms with E-state index in [2.05, 4.69) is 17.1 Å². The lowest BCUT2D eigenvalue weighted by Gasteiger charge is -2.20. The molecule has 1 unspecified atom stereocenters. The molecule has 3 heteroatoms. The lowest BCUT2D eigenvalue weighted by atomic mass is 9.96. The summed E-state index contributed by atoms with van der Waals surface area (Å²) in [7, 11) is 0. The summed E-state index contributed by atoms with van der Waals surface area (Å²) in [6.07, 6.45) is 10.5. The molecule has 0 radical (unpaired) electrons. The lowest BCUT2D eigenvalue weighted by Crippen LogP contribution is -2.32. The molecular weight excluding hydrogens is 236 g/mol. The second-order valence-electron chi connectivity index (χ2n) is 5.74. The number of hydrogen-bond donors (Lipinski definition) is 1. The molecule has 1 saturated heterocycles. The molecule has 0 aliphatic carbocycles. The van der Waals surface area contributed by atoms with Gasteiger partial charge in [-0.1, -0.05) is 19.8 Å². The third kappa shape index (κ3) is 5.37. The second kappa shape index (κ2) is 8.39. The smallest absolute Gasteiger partial charge is 0.0947 e. The van der Waals surface area contributed by atoms with Gasteiger partial charge in [-0.25, -0.2) is 0 Å². The molecule has 1 aliphatic heterocycles. The van der Waals surface area contributed by atoms with Gasteiger partial charge in [0.1, 0.15) is 0 Å². The minimum absolute atomic E-state index is 0.919. The Hall–Kier alpha value is -0.800. The number of nitrogens with zero attached hydrogens (tertiary/aromatic N) is 1. The topological polar surface area (TPSA) is 28.4 Å². The number of furan rings is 1. The molecule has 1 aromatic rings. The van der Waals surface area contributed by atoms with Crippen molar-refractivity contribution >= 4 is 0 Å². The van der Waals surface area contributed by atoms with E-state index in [9.17, 15) is 0 Å². The van der Waals surface area contributed by atoms with E-state index >= 15 is 0 Å². The maximum atomic E-state index is 5.06. The molecule has 19 heavy (non-hydrogen) atoms. The van der Waals surface area contributed by atoms with Crippen LogP contribution in [0.15, 0.2) is 23.0 Å². The number of rotatable bonds is 7. The van der Waals surface area contributed by atoms with Crippen molar-refractivity contribution in [3.63, 3.8) is 0 Å². The van der Waals surface area contributed by atoms with Crippen LogP contribution in [-0.4, -0.2) is 31.1 Å². The predicted molar refractivity (Wildman–Crippen MR) is 79.1 cm³/mol. The Morgan fingerprint density at radius 2 is 2.32 bits per heavy atom. The van der Waals surface area contributed by atoms with Gasteiger partial charge < -0.3 is 14.6 Å². The zero-order valence-electron chi connectivity index (χ0n) is 12.2. The molecule has 1 N–H and O–H groups in total. The summed E-state index contributed by atoms with van der Waals surface area (Å²) in [6.45, 7) is 8.05. The van der Waals surface area contributed by atoms with Crippen molar-refractivity contribution in [3.8, 4) is 0 Å². The highest BCUT2D eigenvalue weighted by atomic mass is 16.3. The van der Waals surface area contributed by atoms with Crippen LogP contribution in [0.3, 0.4) is 0 Å². The summed E-state index contributed by atoms with van der Waals surface area (Å²) in [5.41, 5.74) is 1.24. The van der Waals surface area contributed by atoms with Crippen molar-refractivity contribution in [1.82, 2.24) is 10.2 Å². The molecule has 2 heterocycles. The predicted octanol–water partition coefficient (Wildman–Crippen LogP) is 3.27. The highest BCUT2D eigenvalue weighted by molar-refractivity contribution is 5.04. The monoisotopic (exact) mass is 264 g/mol. The van der Waals surface area contributed by atoms with Crippen LogP contribution >= 0.6 is 0 Å². The third-order valence-electron chi connectivity index (χ3n) is 4.15. The van der Waals surface area contributed by atoms with Crippen molar-refractivity contribution in [2.45, 2.75) is 45.6 Å². The first kappa shape index (κ1) is 14.6. The average molecular weight is 264 g/mol. The minimum Gasteiger partial charge on any atom is -0.472 e. The van der Waals surface area contributed by atoms with E-state index in [1.54, 1.807) is 6.26 Å². The molecular formula is C16H28N2O. The molecule has 2 rings (SSSR count). The van der Waals surface area contributed by atoms with E-state index in [1.807, 2.05) is 12.3 Å². The zero-order chi connectivity index (χ0) is 13.3. The van der Waals surface area contributed by atoms with E-state index in [-0.39, 0.29) is 0 Å². The number of likely N-dealkylation sites (tertiary alicyclic amines) is 1. The highest BCUT2D eigenvalue weighted by Crippen LogP contribution is 2.21. The van der Waals surface area contributed by atoms with Crippen molar-refractivity contribution in [1.29, 1.82) is 0 Å². The van der Waals surface area contributed by atoms with Gasteiger partial charge in [0, 0.05) is 25.2 Å². The highest BCUT2D eigenvalue weighted by Gasteiger charge is 2.15. The van der Waals surface area contributed by atoms with Gasteiger partial charge in [0.05, 0.1) is 12.5 Å². The largest absolute Gasteiger partial charge is 0.472 e. The Morgan fingerprint density at radius 1 is 1.37 bits per heavy atom. The van der Waals surface area contributed by atoms with Crippen LogP contribution in [0, 0.1) is 5.92 Å². The third-order valence-corrected chi connectivity index (χ3v) is 4.15. The summed E-state index contributed by atoms with van der Waals surface area (Å²) >= 11 is 0. The first-order valence-corrected chi connectivity index (χ1v) is 7.82. The van der Waals surface area contributed by atoms with Crippen LogP contribution in [-0.2, 0) is 6.54 Å². The van der Waals surface area contributed by atoms with E-state index < -0.39 is 0 Å². The molecule has 0 saturated carbocycles. The van der Waals surface area contributed by atoms with E-state index in [1.165, 1.54) is 57.3 Å². The van der Waals surface area contributed by atoms with E-state index in [0.717, 1.165) is 19.0 Å². The molecule has 3 nitrogen and oxygen atoms in total. The summed E-state index contributed by atoms with van der Waals surface area (Å²) in [6, 6.07) is 2.02. The fourth-order valence-electron chi connectivity index (χ4n) is 3.01. The molecule has 108 valence electrons. The lowest BCUT2D eigenvalue weighted by molar-refractivity contribution is 0.278. The summed E-state index contributed by atoms with van der Waals surface area (Å²) in [5, 5.41) is 3.49. The Labute approximate surface area is 117 Å². The molecule has 1 aromatic heterocycles. The van der Waals surface area contributed by atoms with Crippen molar-refractivity contribution < 1.29 is 4.42 Å². The van der Waals surface area contributed by atoms with Crippen LogP contribution < -0.4 is 5.32 Å². The molecule has 0 amide bonds.